The Bertz CT molecular complexity index is 577. The van der Waals surface area contributed by atoms with E-state index in [1.165, 1.54) is 10.4 Å². The molecule has 2 rings (SSSR count). The Balaban J connectivity index is 2.31. The van der Waals surface area contributed by atoms with Gasteiger partial charge >= 0.3 is 0 Å². The first kappa shape index (κ1) is 15.2. The van der Waals surface area contributed by atoms with Crippen molar-refractivity contribution in [3.05, 3.63) is 24.0 Å². The molecule has 0 saturated carbocycles. The van der Waals surface area contributed by atoms with Gasteiger partial charge in [0.2, 0.25) is 10.0 Å². The van der Waals surface area contributed by atoms with Crippen molar-refractivity contribution in [2.45, 2.75) is 36.6 Å². The van der Waals surface area contributed by atoms with Crippen molar-refractivity contribution in [2.75, 3.05) is 18.9 Å². The summed E-state index contributed by atoms with van der Waals surface area (Å²) in [5.74, 6) is -0.621. The Morgan fingerprint density at radius 3 is 2.90 bits per heavy atom. The molecule has 1 aliphatic heterocycles. The van der Waals surface area contributed by atoms with E-state index in [0.29, 0.717) is 19.4 Å². The maximum absolute atomic E-state index is 13.3. The summed E-state index contributed by atoms with van der Waals surface area (Å²) in [6.45, 7) is 0.445. The maximum Gasteiger partial charge on any atom is 0.245 e. The van der Waals surface area contributed by atoms with Crippen molar-refractivity contribution in [3.8, 4) is 0 Å². The number of sulfonamides is 1. The maximum atomic E-state index is 13.3. The Labute approximate surface area is 118 Å². The van der Waals surface area contributed by atoms with Crippen molar-refractivity contribution in [3.63, 3.8) is 0 Å². The standard InChI is InChI=1S/C13H19FN2O3S/c14-10-5-6-12(15)13(9-10)20(18,19)16-7-1-3-11(16)4-2-8-17/h5-6,9,11,17H,1-4,7-8,15H2. The van der Waals surface area contributed by atoms with Crippen LogP contribution in [-0.2, 0) is 10.0 Å². The molecule has 112 valence electrons. The molecule has 1 atom stereocenters. The Hall–Kier alpha value is -1.18. The van der Waals surface area contributed by atoms with Gasteiger partial charge in [-0.2, -0.15) is 4.31 Å². The summed E-state index contributed by atoms with van der Waals surface area (Å²) >= 11 is 0. The number of nitrogen functional groups attached to an aromatic ring is 1. The summed E-state index contributed by atoms with van der Waals surface area (Å²) in [6.07, 6.45) is 2.68. The van der Waals surface area contributed by atoms with Gasteiger partial charge in [0.25, 0.3) is 0 Å². The molecule has 20 heavy (non-hydrogen) atoms. The van der Waals surface area contributed by atoms with Crippen LogP contribution in [0.5, 0.6) is 0 Å². The topological polar surface area (TPSA) is 83.6 Å². The lowest BCUT2D eigenvalue weighted by molar-refractivity contribution is 0.264. The number of nitrogens with two attached hydrogens (primary N) is 1. The van der Waals surface area contributed by atoms with Crippen LogP contribution in [0, 0.1) is 5.82 Å². The average Bonchev–Trinajstić information content (AvgIpc) is 2.88. The number of hydrogen-bond donors (Lipinski definition) is 2. The predicted octanol–water partition coefficient (Wildman–Crippen LogP) is 1.33. The number of hydrogen-bond acceptors (Lipinski definition) is 4. The van der Waals surface area contributed by atoms with Crippen molar-refractivity contribution >= 4 is 15.7 Å². The molecule has 1 aromatic rings. The van der Waals surface area contributed by atoms with Crippen LogP contribution in [0.3, 0.4) is 0 Å². The van der Waals surface area contributed by atoms with Gasteiger partial charge in [-0.25, -0.2) is 12.8 Å². The van der Waals surface area contributed by atoms with Crippen LogP contribution in [0.15, 0.2) is 23.1 Å². The minimum absolute atomic E-state index is 0.0342. The number of anilines is 1. The Morgan fingerprint density at radius 1 is 1.45 bits per heavy atom. The Morgan fingerprint density at radius 2 is 2.20 bits per heavy atom. The largest absolute Gasteiger partial charge is 0.398 e. The number of rotatable bonds is 5. The molecular weight excluding hydrogens is 283 g/mol. The van der Waals surface area contributed by atoms with Gasteiger partial charge in [-0.1, -0.05) is 0 Å². The fourth-order valence-electron chi connectivity index (χ4n) is 2.60. The molecule has 7 heteroatoms. The van der Waals surface area contributed by atoms with E-state index < -0.39 is 15.8 Å². The number of benzene rings is 1. The third-order valence-electron chi connectivity index (χ3n) is 3.58. The zero-order valence-corrected chi connectivity index (χ0v) is 11.9. The van der Waals surface area contributed by atoms with E-state index in [-0.39, 0.29) is 23.2 Å². The SMILES string of the molecule is Nc1ccc(F)cc1S(=O)(=O)N1CCCC1CCCO. The summed E-state index contributed by atoms with van der Waals surface area (Å²) in [5.41, 5.74) is 5.73. The number of halogens is 1. The molecule has 0 aromatic heterocycles. The summed E-state index contributed by atoms with van der Waals surface area (Å²) in [4.78, 5) is -0.173. The van der Waals surface area contributed by atoms with E-state index >= 15 is 0 Å². The van der Waals surface area contributed by atoms with Gasteiger partial charge < -0.3 is 10.8 Å². The van der Waals surface area contributed by atoms with E-state index in [4.69, 9.17) is 10.8 Å². The monoisotopic (exact) mass is 302 g/mol. The summed E-state index contributed by atoms with van der Waals surface area (Å²) in [6, 6.07) is 3.23. The van der Waals surface area contributed by atoms with Gasteiger partial charge in [-0.15, -0.1) is 0 Å². The lowest BCUT2D eigenvalue weighted by Crippen LogP contribution is -2.36. The Kier molecular flexibility index (Phi) is 4.62. The van der Waals surface area contributed by atoms with E-state index in [9.17, 15) is 12.8 Å². The van der Waals surface area contributed by atoms with Gasteiger partial charge in [0.15, 0.2) is 0 Å². The summed E-state index contributed by atoms with van der Waals surface area (Å²) in [5, 5.41) is 8.88. The van der Waals surface area contributed by atoms with Gasteiger partial charge in [-0.3, -0.25) is 0 Å². The fraction of sp³-hybridized carbons (Fsp3) is 0.538. The van der Waals surface area contributed by atoms with Crippen molar-refractivity contribution < 1.29 is 17.9 Å². The van der Waals surface area contributed by atoms with E-state index in [2.05, 4.69) is 0 Å². The average molecular weight is 302 g/mol. The third-order valence-corrected chi connectivity index (χ3v) is 5.59. The van der Waals surface area contributed by atoms with E-state index in [1.54, 1.807) is 0 Å². The molecule has 1 aliphatic rings. The third kappa shape index (κ3) is 2.94. The number of aliphatic hydroxyl groups excluding tert-OH is 1. The van der Waals surface area contributed by atoms with Crippen molar-refractivity contribution in [2.24, 2.45) is 0 Å². The highest BCUT2D eigenvalue weighted by Gasteiger charge is 2.35. The number of aliphatic hydroxyl groups is 1. The van der Waals surface area contributed by atoms with Crippen LogP contribution >= 0.6 is 0 Å². The highest BCUT2D eigenvalue weighted by atomic mass is 32.2. The van der Waals surface area contributed by atoms with Crippen LogP contribution < -0.4 is 5.73 Å². The quantitative estimate of drug-likeness (QED) is 0.804. The van der Waals surface area contributed by atoms with Gasteiger partial charge in [0.1, 0.15) is 10.7 Å². The normalized spacial score (nSPS) is 20.4. The zero-order chi connectivity index (χ0) is 14.8. The second-order valence-corrected chi connectivity index (χ2v) is 6.82. The van der Waals surface area contributed by atoms with E-state index in [0.717, 1.165) is 25.0 Å². The minimum atomic E-state index is -3.78. The summed E-state index contributed by atoms with van der Waals surface area (Å²) in [7, 11) is -3.78. The van der Waals surface area contributed by atoms with Crippen LogP contribution in [0.1, 0.15) is 25.7 Å². The van der Waals surface area contributed by atoms with Gasteiger partial charge in [0, 0.05) is 19.2 Å². The second kappa shape index (κ2) is 6.07. The van der Waals surface area contributed by atoms with Gasteiger partial charge in [-0.05, 0) is 43.9 Å². The zero-order valence-electron chi connectivity index (χ0n) is 11.1. The molecule has 1 fully saturated rings. The first-order valence-electron chi connectivity index (χ1n) is 6.64. The van der Waals surface area contributed by atoms with Gasteiger partial charge in [0.05, 0.1) is 5.69 Å². The molecule has 1 unspecified atom stereocenters. The molecule has 1 heterocycles. The van der Waals surface area contributed by atoms with Crippen molar-refractivity contribution in [1.82, 2.24) is 4.31 Å². The minimum Gasteiger partial charge on any atom is -0.398 e. The molecule has 0 bridgehead atoms. The predicted molar refractivity (Wildman–Crippen MR) is 74.0 cm³/mol. The fourth-order valence-corrected chi connectivity index (χ4v) is 4.45. The molecule has 1 aromatic carbocycles. The molecule has 0 spiro atoms. The lowest BCUT2D eigenvalue weighted by Gasteiger charge is -2.24. The first-order valence-corrected chi connectivity index (χ1v) is 8.08. The van der Waals surface area contributed by atoms with Crippen LogP contribution in [0.2, 0.25) is 0 Å². The van der Waals surface area contributed by atoms with Crippen LogP contribution in [0.4, 0.5) is 10.1 Å². The van der Waals surface area contributed by atoms with Crippen LogP contribution in [-0.4, -0.2) is 37.0 Å². The lowest BCUT2D eigenvalue weighted by atomic mass is 10.1. The highest BCUT2D eigenvalue weighted by Crippen LogP contribution is 2.31. The molecule has 1 saturated heterocycles. The first-order chi connectivity index (χ1) is 9.46. The summed E-state index contributed by atoms with van der Waals surface area (Å²) < 4.78 is 39.9. The van der Waals surface area contributed by atoms with Crippen LogP contribution in [0.25, 0.3) is 0 Å². The second-order valence-electron chi connectivity index (χ2n) is 4.96. The molecular formula is C13H19FN2O3S. The highest BCUT2D eigenvalue weighted by molar-refractivity contribution is 7.89. The number of nitrogens with zero attached hydrogens (tertiary/aromatic N) is 1. The molecule has 0 aliphatic carbocycles. The van der Waals surface area contributed by atoms with Crippen molar-refractivity contribution in [1.29, 1.82) is 0 Å². The smallest absolute Gasteiger partial charge is 0.245 e. The molecule has 0 radical (unpaired) electrons. The molecule has 0 amide bonds. The molecule has 5 nitrogen and oxygen atoms in total. The molecule has 3 N–H and O–H groups in total. The van der Waals surface area contributed by atoms with E-state index in [1.807, 2.05) is 0 Å².